The first-order valence-electron chi connectivity index (χ1n) is 41.0. The molecule has 0 bridgehead atoms. The van der Waals surface area contributed by atoms with E-state index in [9.17, 15) is 19.8 Å². The number of allylic oxidation sites excluding steroid dienone is 1. The molecule has 0 heterocycles. The summed E-state index contributed by atoms with van der Waals surface area (Å²) in [6, 6.07) is -0.624. The van der Waals surface area contributed by atoms with Crippen LogP contribution in [0.25, 0.3) is 0 Å². The quantitative estimate of drug-likeness (QED) is 0.0320. The highest BCUT2D eigenvalue weighted by Crippen LogP contribution is 2.21. The van der Waals surface area contributed by atoms with Crippen LogP contribution in [0.2, 0.25) is 0 Å². The molecule has 3 N–H and O–H groups in total. The molecule has 0 aliphatic carbocycles. The van der Waals surface area contributed by atoms with Gasteiger partial charge in [0.15, 0.2) is 0 Å². The fourth-order valence-corrected chi connectivity index (χ4v) is 13.3. The van der Waals surface area contributed by atoms with Crippen LogP contribution in [0.4, 0.5) is 0 Å². The maximum absolute atomic E-state index is 12.6. The monoisotopic (exact) mass is 1240 g/mol. The van der Waals surface area contributed by atoms with Gasteiger partial charge in [0.2, 0.25) is 5.91 Å². The van der Waals surface area contributed by atoms with Gasteiger partial charge in [-0.1, -0.05) is 443 Å². The maximum Gasteiger partial charge on any atom is 0.305 e. The van der Waals surface area contributed by atoms with Crippen molar-refractivity contribution in [3.63, 3.8) is 0 Å². The Hall–Kier alpha value is -1.40. The minimum absolute atomic E-state index is 0.0250. The molecule has 0 rings (SSSR count). The predicted molar refractivity (Wildman–Crippen MR) is 389 cm³/mol. The third-order valence-electron chi connectivity index (χ3n) is 19.6. The van der Waals surface area contributed by atoms with Gasteiger partial charge in [-0.25, -0.2) is 0 Å². The van der Waals surface area contributed by atoms with Gasteiger partial charge in [0.25, 0.3) is 0 Å². The smallest absolute Gasteiger partial charge is 0.305 e. The molecule has 88 heavy (non-hydrogen) atoms. The Morgan fingerprint density at radius 2 is 0.523 bits per heavy atom. The summed E-state index contributed by atoms with van der Waals surface area (Å²) < 4.78 is 5.49. The summed E-state index contributed by atoms with van der Waals surface area (Å²) in [5.41, 5.74) is 0. The Morgan fingerprint density at radius 1 is 0.307 bits per heavy atom. The molecule has 2 unspecified atom stereocenters. The van der Waals surface area contributed by atoms with Gasteiger partial charge in [-0.05, 0) is 32.1 Å². The normalized spacial score (nSPS) is 12.5. The Kier molecular flexibility index (Phi) is 76.8. The minimum atomic E-state index is -0.841. The summed E-state index contributed by atoms with van der Waals surface area (Å²) >= 11 is 0. The van der Waals surface area contributed by atoms with Crippen molar-refractivity contribution in [3.8, 4) is 0 Å². The van der Waals surface area contributed by atoms with E-state index in [2.05, 4.69) is 19.2 Å². The van der Waals surface area contributed by atoms with Gasteiger partial charge in [0.05, 0.1) is 25.4 Å². The lowest BCUT2D eigenvalue weighted by atomic mass is 10.0. The Morgan fingerprint density at radius 3 is 0.773 bits per heavy atom. The zero-order chi connectivity index (χ0) is 63.5. The lowest BCUT2D eigenvalue weighted by molar-refractivity contribution is -0.143. The second-order valence-electron chi connectivity index (χ2n) is 28.5. The van der Waals surface area contributed by atoms with E-state index in [1.165, 1.54) is 411 Å². The van der Waals surface area contributed by atoms with E-state index in [0.29, 0.717) is 19.4 Å². The standard InChI is InChI=1S/C82H161NO5/c1-3-5-7-9-11-13-15-17-18-19-20-21-39-42-45-48-51-54-58-62-66-70-74-80(85)79(78-84)83-81(86)75-71-67-63-59-55-52-49-46-43-40-37-35-33-31-29-27-25-23-22-24-26-28-30-32-34-36-38-41-44-47-50-53-57-61-65-69-73-77-88-82(87)76-72-68-64-60-56-16-14-12-10-8-6-4-2/h70,74,79-80,84-85H,3-69,71-73,75-78H2,1-2H3,(H,83,86)/b74-70+. The van der Waals surface area contributed by atoms with E-state index >= 15 is 0 Å². The Labute approximate surface area is 552 Å². The van der Waals surface area contributed by atoms with Crippen LogP contribution in [-0.2, 0) is 14.3 Å². The number of hydrogen-bond acceptors (Lipinski definition) is 5. The van der Waals surface area contributed by atoms with Crippen molar-refractivity contribution < 1.29 is 24.5 Å². The van der Waals surface area contributed by atoms with Crippen LogP contribution in [0.3, 0.4) is 0 Å². The number of ether oxygens (including phenoxy) is 1. The number of carbonyl (C=O) groups is 2. The Balaban J connectivity index is 3.32. The van der Waals surface area contributed by atoms with Crippen LogP contribution in [0, 0.1) is 0 Å². The van der Waals surface area contributed by atoms with Gasteiger partial charge in [-0.3, -0.25) is 9.59 Å². The second kappa shape index (κ2) is 78.0. The number of rotatable bonds is 78. The van der Waals surface area contributed by atoms with Crippen LogP contribution in [-0.4, -0.2) is 47.4 Å². The lowest BCUT2D eigenvalue weighted by Crippen LogP contribution is -2.45. The number of unbranched alkanes of at least 4 members (excludes halogenated alkanes) is 67. The molecule has 2 atom stereocenters. The average molecular weight is 1240 g/mol. The number of nitrogens with one attached hydrogen (secondary N) is 1. The summed E-state index contributed by atoms with van der Waals surface area (Å²) in [5, 5.41) is 23.3. The third-order valence-corrected chi connectivity index (χ3v) is 19.6. The van der Waals surface area contributed by atoms with Crippen molar-refractivity contribution in [1.29, 1.82) is 0 Å². The maximum atomic E-state index is 12.6. The van der Waals surface area contributed by atoms with E-state index in [4.69, 9.17) is 4.74 Å². The molecule has 0 aliphatic rings. The fourth-order valence-electron chi connectivity index (χ4n) is 13.3. The molecule has 0 spiro atoms. The van der Waals surface area contributed by atoms with E-state index in [-0.39, 0.29) is 18.5 Å². The molecule has 0 fully saturated rings. The third kappa shape index (κ3) is 73.6. The first-order chi connectivity index (χ1) is 43.5. The molecular formula is C82H161NO5. The minimum Gasteiger partial charge on any atom is -0.466 e. The van der Waals surface area contributed by atoms with Gasteiger partial charge in [-0.2, -0.15) is 0 Å². The summed E-state index contributed by atoms with van der Waals surface area (Å²) in [4.78, 5) is 24.6. The lowest BCUT2D eigenvalue weighted by Gasteiger charge is -2.20. The molecule has 524 valence electrons. The first kappa shape index (κ1) is 86.6. The second-order valence-corrected chi connectivity index (χ2v) is 28.5. The zero-order valence-corrected chi connectivity index (χ0v) is 60.3. The van der Waals surface area contributed by atoms with Crippen molar-refractivity contribution in [2.75, 3.05) is 13.2 Å². The van der Waals surface area contributed by atoms with Crippen molar-refractivity contribution in [2.45, 2.75) is 488 Å². The van der Waals surface area contributed by atoms with E-state index in [0.717, 1.165) is 38.5 Å². The Bertz CT molecular complexity index is 1340. The summed E-state index contributed by atoms with van der Waals surface area (Å²) in [5.74, 6) is -0.0316. The number of amides is 1. The SMILES string of the molecule is CCCCCCCCCCCCCCCCCCCCCC/C=C/C(O)C(CO)NC(=O)CCCCCCCCCCCCCCCCCCCCCCCCCCCCCCCCCCCCCCCOC(=O)CCCCCCCCCCCCCC. The van der Waals surface area contributed by atoms with Crippen molar-refractivity contribution >= 4 is 11.9 Å². The number of carbonyl (C=O) groups excluding carboxylic acids is 2. The molecular weight excluding hydrogens is 1080 g/mol. The van der Waals surface area contributed by atoms with Crippen molar-refractivity contribution in [2.24, 2.45) is 0 Å². The highest BCUT2D eigenvalue weighted by Gasteiger charge is 2.18. The largest absolute Gasteiger partial charge is 0.466 e. The van der Waals surface area contributed by atoms with Gasteiger partial charge >= 0.3 is 5.97 Å². The van der Waals surface area contributed by atoms with Gasteiger partial charge < -0.3 is 20.3 Å². The van der Waals surface area contributed by atoms with E-state index in [1.807, 2.05) is 6.08 Å². The summed E-state index contributed by atoms with van der Waals surface area (Å²) in [6.45, 7) is 4.96. The van der Waals surface area contributed by atoms with Crippen LogP contribution in [0.1, 0.15) is 476 Å². The molecule has 0 saturated heterocycles. The van der Waals surface area contributed by atoms with Gasteiger partial charge in [0.1, 0.15) is 0 Å². The van der Waals surface area contributed by atoms with Gasteiger partial charge in [0, 0.05) is 12.8 Å². The molecule has 1 amide bonds. The molecule has 0 aromatic heterocycles. The predicted octanol–water partition coefficient (Wildman–Crippen LogP) is 27.1. The number of hydrogen-bond donors (Lipinski definition) is 3. The fraction of sp³-hybridized carbons (Fsp3) is 0.951. The highest BCUT2D eigenvalue weighted by atomic mass is 16.5. The first-order valence-corrected chi connectivity index (χ1v) is 41.0. The number of aliphatic hydroxyl groups excluding tert-OH is 2. The number of esters is 1. The van der Waals surface area contributed by atoms with E-state index in [1.54, 1.807) is 6.08 Å². The van der Waals surface area contributed by atoms with Crippen molar-refractivity contribution in [3.05, 3.63) is 12.2 Å². The number of aliphatic hydroxyl groups is 2. The highest BCUT2D eigenvalue weighted by molar-refractivity contribution is 5.76. The van der Waals surface area contributed by atoms with Crippen LogP contribution < -0.4 is 5.32 Å². The average Bonchev–Trinajstić information content (AvgIpc) is 3.54. The van der Waals surface area contributed by atoms with Crippen molar-refractivity contribution in [1.82, 2.24) is 5.32 Å². The van der Waals surface area contributed by atoms with Gasteiger partial charge in [-0.15, -0.1) is 0 Å². The molecule has 0 saturated carbocycles. The van der Waals surface area contributed by atoms with Crippen LogP contribution in [0.5, 0.6) is 0 Å². The van der Waals surface area contributed by atoms with Crippen LogP contribution in [0.15, 0.2) is 12.2 Å². The molecule has 6 nitrogen and oxygen atoms in total. The topological polar surface area (TPSA) is 95.9 Å². The molecule has 0 aliphatic heterocycles. The summed E-state index contributed by atoms with van der Waals surface area (Å²) in [6.07, 6.45) is 99.3. The molecule has 6 heteroatoms. The summed E-state index contributed by atoms with van der Waals surface area (Å²) in [7, 11) is 0. The van der Waals surface area contributed by atoms with E-state index < -0.39 is 12.1 Å². The zero-order valence-electron chi connectivity index (χ0n) is 60.3. The molecule has 0 aromatic rings. The van der Waals surface area contributed by atoms with Crippen LogP contribution >= 0.6 is 0 Å². The molecule has 0 aromatic carbocycles. The molecule has 0 radical (unpaired) electrons.